The minimum Gasteiger partial charge on any atom is -0.469 e. The van der Waals surface area contributed by atoms with Crippen LogP contribution < -0.4 is 0 Å². The molecule has 0 spiro atoms. The summed E-state index contributed by atoms with van der Waals surface area (Å²) >= 11 is 0. The quantitative estimate of drug-likeness (QED) is 0.459. The molecule has 1 atom stereocenters. The van der Waals surface area contributed by atoms with E-state index in [4.69, 9.17) is 0 Å². The van der Waals surface area contributed by atoms with Gasteiger partial charge < -0.3 is 9.53 Å². The highest BCUT2D eigenvalue weighted by Gasteiger charge is 2.36. The van der Waals surface area contributed by atoms with Crippen LogP contribution in [-0.2, 0) is 14.3 Å². The Morgan fingerprint density at radius 3 is 2.75 bits per heavy atom. The van der Waals surface area contributed by atoms with E-state index in [0.717, 1.165) is 19.1 Å². The summed E-state index contributed by atoms with van der Waals surface area (Å²) < 4.78 is 4.66. The van der Waals surface area contributed by atoms with Gasteiger partial charge in [0, 0.05) is 6.42 Å². The minimum absolute atomic E-state index is 0.0276. The number of esters is 1. The first-order valence-corrected chi connectivity index (χ1v) is 4.31. The lowest BCUT2D eigenvalue weighted by Gasteiger charge is -2.10. The maximum atomic E-state index is 11.2. The second-order valence-corrected chi connectivity index (χ2v) is 3.21. The van der Waals surface area contributed by atoms with E-state index in [1.54, 1.807) is 0 Å². The summed E-state index contributed by atoms with van der Waals surface area (Å²) in [6.45, 7) is 0. The molecule has 0 radical (unpaired) electrons. The third-order valence-corrected chi connectivity index (χ3v) is 2.29. The molecular formula is C9H14O3. The van der Waals surface area contributed by atoms with Crippen molar-refractivity contribution in [1.82, 2.24) is 0 Å². The van der Waals surface area contributed by atoms with Gasteiger partial charge in [0.05, 0.1) is 13.0 Å². The molecule has 0 aromatic heterocycles. The van der Waals surface area contributed by atoms with Crippen LogP contribution in [0.25, 0.3) is 0 Å². The molecule has 0 heterocycles. The van der Waals surface area contributed by atoms with E-state index in [-0.39, 0.29) is 11.9 Å². The number of hydrogen-bond donors (Lipinski definition) is 0. The van der Waals surface area contributed by atoms with E-state index in [9.17, 15) is 9.59 Å². The van der Waals surface area contributed by atoms with Crippen LogP contribution in [0.3, 0.4) is 0 Å². The van der Waals surface area contributed by atoms with Crippen molar-refractivity contribution in [3.05, 3.63) is 0 Å². The molecule has 0 aliphatic heterocycles. The van der Waals surface area contributed by atoms with Gasteiger partial charge in [0.25, 0.3) is 0 Å². The summed E-state index contributed by atoms with van der Waals surface area (Å²) in [5.74, 6) is 0.303. The highest BCUT2D eigenvalue weighted by molar-refractivity contribution is 5.73. The zero-order valence-electron chi connectivity index (χ0n) is 7.29. The molecule has 1 unspecified atom stereocenters. The molecule has 3 nitrogen and oxygen atoms in total. The highest BCUT2D eigenvalue weighted by Crippen LogP contribution is 2.39. The van der Waals surface area contributed by atoms with E-state index < -0.39 is 0 Å². The predicted octanol–water partition coefficient (Wildman–Crippen LogP) is 1.16. The second kappa shape index (κ2) is 4.24. The summed E-state index contributed by atoms with van der Waals surface area (Å²) in [5, 5.41) is 0. The normalized spacial score (nSPS) is 18.4. The molecule has 68 valence electrons. The average Bonchev–Trinajstić information content (AvgIpc) is 2.88. The summed E-state index contributed by atoms with van der Waals surface area (Å²) in [4.78, 5) is 21.3. The first-order valence-electron chi connectivity index (χ1n) is 4.31. The van der Waals surface area contributed by atoms with Crippen molar-refractivity contribution in [2.24, 2.45) is 11.8 Å². The lowest BCUT2D eigenvalue weighted by atomic mass is 9.98. The van der Waals surface area contributed by atoms with E-state index in [1.807, 2.05) is 0 Å². The molecule has 0 saturated heterocycles. The molecule has 1 rings (SSSR count). The van der Waals surface area contributed by atoms with Crippen LogP contribution in [-0.4, -0.2) is 19.4 Å². The van der Waals surface area contributed by atoms with E-state index in [1.165, 1.54) is 7.11 Å². The van der Waals surface area contributed by atoms with Crippen molar-refractivity contribution in [2.45, 2.75) is 25.7 Å². The topological polar surface area (TPSA) is 43.4 Å². The maximum Gasteiger partial charge on any atom is 0.308 e. The molecule has 3 heteroatoms. The summed E-state index contributed by atoms with van der Waals surface area (Å²) in [6.07, 6.45) is 4.20. The molecule has 0 N–H and O–H groups in total. The van der Waals surface area contributed by atoms with Crippen molar-refractivity contribution < 1.29 is 14.3 Å². The standard InChI is InChI=1S/C9H14O3/c1-12-9(11)8(3-2-6-10)7-4-5-7/h6-8H,2-5H2,1H3. The lowest BCUT2D eigenvalue weighted by molar-refractivity contribution is -0.146. The van der Waals surface area contributed by atoms with Crippen LogP contribution in [0.5, 0.6) is 0 Å². The fourth-order valence-electron chi connectivity index (χ4n) is 1.44. The Balaban J connectivity index is 2.36. The van der Waals surface area contributed by atoms with Gasteiger partial charge in [0.15, 0.2) is 0 Å². The van der Waals surface area contributed by atoms with Gasteiger partial charge in [-0.1, -0.05) is 0 Å². The van der Waals surface area contributed by atoms with E-state index in [2.05, 4.69) is 4.74 Å². The van der Waals surface area contributed by atoms with Gasteiger partial charge in [-0.05, 0) is 25.2 Å². The molecule has 0 bridgehead atoms. The number of methoxy groups -OCH3 is 1. The van der Waals surface area contributed by atoms with E-state index >= 15 is 0 Å². The first kappa shape index (κ1) is 9.23. The van der Waals surface area contributed by atoms with Crippen molar-refractivity contribution in [3.8, 4) is 0 Å². The summed E-state index contributed by atoms with van der Waals surface area (Å²) in [7, 11) is 1.40. The number of carbonyl (C=O) groups excluding carboxylic acids is 2. The highest BCUT2D eigenvalue weighted by atomic mass is 16.5. The Morgan fingerprint density at radius 2 is 2.33 bits per heavy atom. The van der Waals surface area contributed by atoms with Gasteiger partial charge in [0.1, 0.15) is 6.29 Å². The van der Waals surface area contributed by atoms with Gasteiger partial charge >= 0.3 is 5.97 Å². The fourth-order valence-corrected chi connectivity index (χ4v) is 1.44. The maximum absolute atomic E-state index is 11.2. The molecule has 1 aliphatic rings. The molecule has 12 heavy (non-hydrogen) atoms. The summed E-state index contributed by atoms with van der Waals surface area (Å²) in [6, 6.07) is 0. The van der Waals surface area contributed by atoms with Crippen LogP contribution in [0.2, 0.25) is 0 Å². The first-order chi connectivity index (χ1) is 5.79. The van der Waals surface area contributed by atoms with E-state index in [0.29, 0.717) is 18.8 Å². The second-order valence-electron chi connectivity index (χ2n) is 3.21. The average molecular weight is 170 g/mol. The van der Waals surface area contributed by atoms with Gasteiger partial charge in [-0.2, -0.15) is 0 Å². The largest absolute Gasteiger partial charge is 0.469 e. The van der Waals surface area contributed by atoms with Gasteiger partial charge in [0.2, 0.25) is 0 Å². The molecular weight excluding hydrogens is 156 g/mol. The minimum atomic E-state index is -0.153. The Morgan fingerprint density at radius 1 is 1.67 bits per heavy atom. The number of carbonyl (C=O) groups is 2. The van der Waals surface area contributed by atoms with Crippen LogP contribution in [0.4, 0.5) is 0 Å². The Bertz CT molecular complexity index is 173. The lowest BCUT2D eigenvalue weighted by Crippen LogP contribution is -2.18. The van der Waals surface area contributed by atoms with Gasteiger partial charge in [-0.15, -0.1) is 0 Å². The third-order valence-electron chi connectivity index (χ3n) is 2.29. The summed E-state index contributed by atoms with van der Waals surface area (Å²) in [5.41, 5.74) is 0. The van der Waals surface area contributed by atoms with Crippen LogP contribution in [0, 0.1) is 11.8 Å². The number of ether oxygens (including phenoxy) is 1. The smallest absolute Gasteiger partial charge is 0.308 e. The van der Waals surface area contributed by atoms with Crippen molar-refractivity contribution in [3.63, 3.8) is 0 Å². The zero-order valence-corrected chi connectivity index (χ0v) is 7.29. The molecule has 1 fully saturated rings. The van der Waals surface area contributed by atoms with Gasteiger partial charge in [-0.25, -0.2) is 0 Å². The van der Waals surface area contributed by atoms with Crippen molar-refractivity contribution in [2.75, 3.05) is 7.11 Å². The molecule has 1 aliphatic carbocycles. The Kier molecular flexibility index (Phi) is 3.26. The Hall–Kier alpha value is -0.860. The Labute approximate surface area is 72.1 Å². The fraction of sp³-hybridized carbons (Fsp3) is 0.778. The number of hydrogen-bond acceptors (Lipinski definition) is 3. The number of aldehydes is 1. The number of rotatable bonds is 5. The van der Waals surface area contributed by atoms with Crippen molar-refractivity contribution >= 4 is 12.3 Å². The monoisotopic (exact) mass is 170 g/mol. The molecule has 0 amide bonds. The SMILES string of the molecule is COC(=O)C(CCC=O)C1CC1. The third kappa shape index (κ3) is 2.32. The molecule has 0 aromatic rings. The predicted molar refractivity (Wildman–Crippen MR) is 43.5 cm³/mol. The van der Waals surface area contributed by atoms with Crippen LogP contribution >= 0.6 is 0 Å². The van der Waals surface area contributed by atoms with Gasteiger partial charge in [-0.3, -0.25) is 4.79 Å². The molecule has 0 aromatic carbocycles. The van der Waals surface area contributed by atoms with Crippen LogP contribution in [0.15, 0.2) is 0 Å². The zero-order chi connectivity index (χ0) is 8.97. The van der Waals surface area contributed by atoms with Crippen LogP contribution in [0.1, 0.15) is 25.7 Å². The molecule has 1 saturated carbocycles. The van der Waals surface area contributed by atoms with Crippen molar-refractivity contribution in [1.29, 1.82) is 0 Å².